The van der Waals surface area contributed by atoms with E-state index in [9.17, 15) is 9.59 Å². The first-order valence-electron chi connectivity index (χ1n) is 5.26. The van der Waals surface area contributed by atoms with Crippen molar-refractivity contribution in [3.8, 4) is 0 Å². The van der Waals surface area contributed by atoms with Gasteiger partial charge in [-0.3, -0.25) is 9.59 Å². The molecule has 2 aromatic rings. The zero-order valence-corrected chi connectivity index (χ0v) is 12.2. The zero-order chi connectivity index (χ0) is 14.0. The summed E-state index contributed by atoms with van der Waals surface area (Å²) in [6.45, 7) is 0. The van der Waals surface area contributed by atoms with Gasteiger partial charge in [0.2, 0.25) is 0 Å². The van der Waals surface area contributed by atoms with Crippen molar-refractivity contribution in [2.75, 3.05) is 5.32 Å². The Balaban J connectivity index is 2.22. The average molecular weight is 343 g/mol. The molecular weight excluding hydrogens is 334 g/mol. The number of hydrogen-bond donors (Lipinski definition) is 1. The van der Waals surface area contributed by atoms with Gasteiger partial charge >= 0.3 is 0 Å². The minimum atomic E-state index is -0.358. The molecule has 0 radical (unpaired) electrons. The van der Waals surface area contributed by atoms with Crippen LogP contribution >= 0.6 is 27.5 Å². The van der Waals surface area contributed by atoms with Crippen molar-refractivity contribution in [2.24, 2.45) is 7.05 Å². The predicted molar refractivity (Wildman–Crippen MR) is 75.7 cm³/mol. The summed E-state index contributed by atoms with van der Waals surface area (Å²) in [6, 6.07) is 4.66. The van der Waals surface area contributed by atoms with Crippen LogP contribution in [0.15, 0.2) is 29.0 Å². The highest BCUT2D eigenvalue weighted by atomic mass is 79.9. The van der Waals surface area contributed by atoms with Crippen molar-refractivity contribution in [2.45, 2.75) is 0 Å². The number of aldehydes is 1. The van der Waals surface area contributed by atoms with Crippen LogP contribution in [-0.4, -0.2) is 21.7 Å². The Bertz CT molecular complexity index is 654. The Morgan fingerprint density at radius 2 is 2.26 bits per heavy atom. The second-order valence-corrected chi connectivity index (χ2v) is 4.99. The van der Waals surface area contributed by atoms with Gasteiger partial charge in [-0.05, 0) is 34.1 Å². The van der Waals surface area contributed by atoms with Crippen LogP contribution in [-0.2, 0) is 7.05 Å². The summed E-state index contributed by atoms with van der Waals surface area (Å²) in [4.78, 5) is 26.6. The Morgan fingerprint density at radius 3 is 2.79 bits per heavy atom. The molecule has 0 unspecified atom stereocenters. The van der Waals surface area contributed by atoms with Crippen molar-refractivity contribution < 1.29 is 9.59 Å². The quantitative estimate of drug-likeness (QED) is 0.872. The number of hydrogen-bond acceptors (Lipinski definition) is 3. The van der Waals surface area contributed by atoms with Crippen molar-refractivity contribution in [1.82, 2.24) is 9.55 Å². The number of carbonyl (C=O) groups excluding carboxylic acids is 2. The van der Waals surface area contributed by atoms with Crippen LogP contribution < -0.4 is 5.32 Å². The Kier molecular flexibility index (Phi) is 4.01. The molecule has 1 N–H and O–H groups in total. The van der Waals surface area contributed by atoms with Gasteiger partial charge in [0.25, 0.3) is 5.91 Å². The Hall–Kier alpha value is -1.66. The topological polar surface area (TPSA) is 64.0 Å². The van der Waals surface area contributed by atoms with Crippen LogP contribution in [0.4, 0.5) is 5.69 Å². The number of carbonyl (C=O) groups is 2. The van der Waals surface area contributed by atoms with E-state index in [1.807, 2.05) is 0 Å². The first-order chi connectivity index (χ1) is 9.02. The smallest absolute Gasteiger partial charge is 0.291 e. The van der Waals surface area contributed by atoms with E-state index in [2.05, 4.69) is 26.2 Å². The maximum absolute atomic E-state index is 12.0. The first kappa shape index (κ1) is 13.8. The molecule has 19 heavy (non-hydrogen) atoms. The fourth-order valence-electron chi connectivity index (χ4n) is 1.49. The minimum absolute atomic E-state index is 0.266. The summed E-state index contributed by atoms with van der Waals surface area (Å²) in [5.74, 6) is -0.0921. The third kappa shape index (κ3) is 2.85. The predicted octanol–water partition coefficient (Wildman–Crippen LogP) is 2.90. The van der Waals surface area contributed by atoms with Crippen molar-refractivity contribution in [1.29, 1.82) is 0 Å². The van der Waals surface area contributed by atoms with Gasteiger partial charge in [-0.15, -0.1) is 0 Å². The second kappa shape index (κ2) is 5.54. The molecule has 0 aliphatic heterocycles. The lowest BCUT2D eigenvalue weighted by atomic mass is 10.2. The normalized spacial score (nSPS) is 10.3. The maximum Gasteiger partial charge on any atom is 0.291 e. The van der Waals surface area contributed by atoms with Crippen molar-refractivity contribution >= 4 is 45.4 Å². The van der Waals surface area contributed by atoms with Gasteiger partial charge in [0.15, 0.2) is 12.1 Å². The van der Waals surface area contributed by atoms with Gasteiger partial charge in [0.1, 0.15) is 4.60 Å². The number of halogens is 2. The molecule has 0 aliphatic rings. The summed E-state index contributed by atoms with van der Waals surface area (Å²) >= 11 is 9.14. The number of anilines is 1. The molecule has 0 saturated carbocycles. The fraction of sp³-hybridized carbons (Fsp3) is 0.0833. The summed E-state index contributed by atoms with van der Waals surface area (Å²) in [6.07, 6.45) is 2.20. The van der Waals surface area contributed by atoms with Gasteiger partial charge in [0, 0.05) is 18.3 Å². The van der Waals surface area contributed by atoms with Crippen LogP contribution in [0.2, 0.25) is 5.02 Å². The molecule has 2 rings (SSSR count). The Morgan fingerprint density at radius 1 is 1.53 bits per heavy atom. The van der Waals surface area contributed by atoms with E-state index >= 15 is 0 Å². The number of rotatable bonds is 3. The van der Waals surface area contributed by atoms with Crippen LogP contribution in [0.3, 0.4) is 0 Å². The summed E-state index contributed by atoms with van der Waals surface area (Å²) < 4.78 is 2.31. The van der Waals surface area contributed by atoms with E-state index in [1.165, 1.54) is 12.3 Å². The van der Waals surface area contributed by atoms with Crippen LogP contribution in [0.5, 0.6) is 0 Å². The van der Waals surface area contributed by atoms with E-state index < -0.39 is 0 Å². The molecule has 1 amide bonds. The molecule has 1 heterocycles. The molecule has 1 aromatic heterocycles. The molecular formula is C12H9BrClN3O2. The molecule has 5 nitrogen and oxygen atoms in total. The van der Waals surface area contributed by atoms with Gasteiger partial charge in [-0.1, -0.05) is 11.6 Å². The van der Waals surface area contributed by atoms with Crippen LogP contribution in [0.25, 0.3) is 0 Å². The number of nitrogens with one attached hydrogen (secondary N) is 1. The van der Waals surface area contributed by atoms with Gasteiger partial charge < -0.3 is 9.88 Å². The lowest BCUT2D eigenvalue weighted by Gasteiger charge is -2.06. The number of imidazole rings is 1. The first-order valence-corrected chi connectivity index (χ1v) is 6.43. The lowest BCUT2D eigenvalue weighted by Crippen LogP contribution is -2.17. The third-order valence-electron chi connectivity index (χ3n) is 2.52. The molecule has 0 saturated heterocycles. The van der Waals surface area contributed by atoms with E-state index in [0.29, 0.717) is 22.1 Å². The molecule has 0 bridgehead atoms. The highest BCUT2D eigenvalue weighted by Crippen LogP contribution is 2.20. The molecule has 1 aromatic carbocycles. The molecule has 7 heteroatoms. The molecule has 0 atom stereocenters. The number of aromatic nitrogens is 2. The summed E-state index contributed by atoms with van der Waals surface area (Å²) in [5.41, 5.74) is 0.874. The molecule has 0 fully saturated rings. The fourth-order valence-corrected chi connectivity index (χ4v) is 1.98. The third-order valence-corrected chi connectivity index (χ3v) is 3.58. The molecule has 0 aliphatic carbocycles. The molecule has 98 valence electrons. The van der Waals surface area contributed by atoms with Gasteiger partial charge in [-0.2, -0.15) is 0 Å². The maximum atomic E-state index is 12.0. The summed E-state index contributed by atoms with van der Waals surface area (Å²) in [5, 5.41) is 2.95. The van der Waals surface area contributed by atoms with E-state index in [4.69, 9.17) is 11.6 Å². The van der Waals surface area contributed by atoms with Crippen LogP contribution in [0.1, 0.15) is 21.0 Å². The lowest BCUT2D eigenvalue weighted by molar-refractivity contribution is 0.101. The number of benzene rings is 1. The number of nitrogens with zero attached hydrogens (tertiary/aromatic N) is 2. The van der Waals surface area contributed by atoms with Crippen molar-refractivity contribution in [3.63, 3.8) is 0 Å². The van der Waals surface area contributed by atoms with Gasteiger partial charge in [0.05, 0.1) is 11.2 Å². The average Bonchev–Trinajstić information content (AvgIpc) is 2.70. The highest BCUT2D eigenvalue weighted by molar-refractivity contribution is 9.10. The molecule has 0 spiro atoms. The van der Waals surface area contributed by atoms with E-state index in [1.54, 1.807) is 23.7 Å². The SMILES string of the molecule is Cn1c(Br)cnc1C(=O)Nc1ccc(C=O)c(Cl)c1. The Labute approximate surface area is 122 Å². The zero-order valence-electron chi connectivity index (χ0n) is 9.85. The standard InChI is InChI=1S/C12H9BrClN3O2/c1-17-10(13)5-15-11(17)12(19)16-8-3-2-7(6-18)9(14)4-8/h2-6H,1H3,(H,16,19). The minimum Gasteiger partial charge on any atom is -0.319 e. The monoisotopic (exact) mass is 341 g/mol. The summed E-state index contributed by atoms with van der Waals surface area (Å²) in [7, 11) is 1.72. The van der Waals surface area contributed by atoms with E-state index in [-0.39, 0.29) is 16.8 Å². The second-order valence-electron chi connectivity index (χ2n) is 3.77. The largest absolute Gasteiger partial charge is 0.319 e. The van der Waals surface area contributed by atoms with Crippen molar-refractivity contribution in [3.05, 3.63) is 45.4 Å². The van der Waals surface area contributed by atoms with Gasteiger partial charge in [-0.25, -0.2) is 4.98 Å². The van der Waals surface area contributed by atoms with E-state index in [0.717, 1.165) is 0 Å². The highest BCUT2D eigenvalue weighted by Gasteiger charge is 2.14. The number of amides is 1. The van der Waals surface area contributed by atoms with Crippen LogP contribution in [0, 0.1) is 0 Å².